The van der Waals surface area contributed by atoms with E-state index in [1.165, 1.54) is 10.8 Å². The first-order valence-electron chi connectivity index (χ1n) is 7.26. The van der Waals surface area contributed by atoms with Crippen LogP contribution in [-0.2, 0) is 20.0 Å². The van der Waals surface area contributed by atoms with Gasteiger partial charge in [0.25, 0.3) is 10.0 Å². The Bertz CT molecular complexity index is 1040. The highest BCUT2D eigenvalue weighted by atomic mass is 79.9. The van der Waals surface area contributed by atoms with Crippen LogP contribution in [0.4, 0.5) is 18.9 Å². The smallest absolute Gasteiger partial charge is 0.280 e. The van der Waals surface area contributed by atoms with Crippen molar-refractivity contribution in [3.63, 3.8) is 0 Å². The summed E-state index contributed by atoms with van der Waals surface area (Å²) in [7, 11) is -8.32. The van der Waals surface area contributed by atoms with Gasteiger partial charge in [-0.1, -0.05) is 6.07 Å². The van der Waals surface area contributed by atoms with E-state index in [9.17, 15) is 30.0 Å². The van der Waals surface area contributed by atoms with Crippen molar-refractivity contribution in [1.29, 1.82) is 0 Å². The fraction of sp³-hybridized carbons (Fsp3) is 0.200. The molecule has 0 aromatic heterocycles. The van der Waals surface area contributed by atoms with Crippen LogP contribution in [0, 0.1) is 6.92 Å². The number of sulfonamides is 2. The summed E-state index contributed by atoms with van der Waals surface area (Å²) >= 11 is 3.17. The molecule has 0 heterocycles. The van der Waals surface area contributed by atoms with Crippen LogP contribution in [-0.4, -0.2) is 29.6 Å². The van der Waals surface area contributed by atoms with Crippen LogP contribution in [0.5, 0.6) is 0 Å². The third-order valence-electron chi connectivity index (χ3n) is 3.26. The van der Waals surface area contributed by atoms with Gasteiger partial charge in [-0.2, -0.15) is 13.2 Å². The van der Waals surface area contributed by atoms with Gasteiger partial charge in [0.1, 0.15) is 11.4 Å². The molecule has 2 N–H and O–H groups in total. The largest absolute Gasteiger partial charge is 0.402 e. The second-order valence-corrected chi connectivity index (χ2v) is 9.78. The van der Waals surface area contributed by atoms with Crippen molar-refractivity contribution in [2.24, 2.45) is 0 Å². The van der Waals surface area contributed by atoms with Crippen molar-refractivity contribution >= 4 is 41.7 Å². The van der Waals surface area contributed by atoms with Crippen LogP contribution in [0.15, 0.2) is 56.7 Å². The van der Waals surface area contributed by atoms with E-state index >= 15 is 0 Å². The van der Waals surface area contributed by atoms with Crippen molar-refractivity contribution in [2.75, 3.05) is 11.3 Å². The molecule has 2 rings (SSSR count). The normalized spacial score (nSPS) is 12.8. The molecule has 148 valence electrons. The minimum Gasteiger partial charge on any atom is -0.280 e. The van der Waals surface area contributed by atoms with E-state index in [-0.39, 0.29) is 10.6 Å². The molecule has 0 spiro atoms. The van der Waals surface area contributed by atoms with Crippen LogP contribution in [0.3, 0.4) is 0 Å². The number of alkyl halides is 3. The van der Waals surface area contributed by atoms with E-state index < -0.39 is 37.7 Å². The standard InChI is InChI=1S/C15H14BrF3N2O4S2/c1-10-2-7-14(13(16)8-10)27(24,25)21-11-3-5-12(6-4-11)26(22,23)20-9-15(17,18)19/h2-8,20-21H,9H2,1H3. The predicted molar refractivity (Wildman–Crippen MR) is 97.4 cm³/mol. The molecular weight excluding hydrogens is 473 g/mol. The fourth-order valence-corrected chi connectivity index (χ4v) is 5.26. The second kappa shape index (κ2) is 7.78. The molecule has 0 saturated heterocycles. The Hall–Kier alpha value is -1.63. The molecule has 2 aromatic rings. The van der Waals surface area contributed by atoms with Crippen molar-refractivity contribution < 1.29 is 30.0 Å². The second-order valence-electron chi connectivity index (χ2n) is 5.50. The first-order chi connectivity index (χ1) is 12.3. The third kappa shape index (κ3) is 5.92. The number of nitrogens with one attached hydrogen (secondary N) is 2. The van der Waals surface area contributed by atoms with Gasteiger partial charge >= 0.3 is 6.18 Å². The fourth-order valence-electron chi connectivity index (χ4n) is 2.00. The average molecular weight is 487 g/mol. The number of benzene rings is 2. The average Bonchev–Trinajstić information content (AvgIpc) is 2.52. The van der Waals surface area contributed by atoms with Gasteiger partial charge in [0, 0.05) is 10.2 Å². The van der Waals surface area contributed by atoms with Crippen LogP contribution in [0.25, 0.3) is 0 Å². The molecule has 2 aromatic carbocycles. The molecule has 0 saturated carbocycles. The zero-order chi connectivity index (χ0) is 20.5. The number of hydrogen-bond acceptors (Lipinski definition) is 4. The molecule has 0 aliphatic rings. The highest BCUT2D eigenvalue weighted by molar-refractivity contribution is 9.10. The van der Waals surface area contributed by atoms with E-state index in [2.05, 4.69) is 20.7 Å². The quantitative estimate of drug-likeness (QED) is 0.654. The van der Waals surface area contributed by atoms with Crippen molar-refractivity contribution in [3.05, 3.63) is 52.5 Å². The first-order valence-corrected chi connectivity index (χ1v) is 11.0. The molecular formula is C15H14BrF3N2O4S2. The maximum atomic E-state index is 12.4. The first kappa shape index (κ1) is 21.7. The Balaban J connectivity index is 2.20. The third-order valence-corrected chi connectivity index (χ3v) is 7.03. The van der Waals surface area contributed by atoms with Gasteiger partial charge in [0.15, 0.2) is 0 Å². The number of hydrogen-bond donors (Lipinski definition) is 2. The summed E-state index contributed by atoms with van der Waals surface area (Å²) in [6, 6.07) is 8.92. The molecule has 27 heavy (non-hydrogen) atoms. The van der Waals surface area contributed by atoms with E-state index in [0.29, 0.717) is 4.47 Å². The number of halogens is 4. The molecule has 0 unspecified atom stereocenters. The maximum Gasteiger partial charge on any atom is 0.402 e. The van der Waals surface area contributed by atoms with E-state index in [4.69, 9.17) is 0 Å². The lowest BCUT2D eigenvalue weighted by Crippen LogP contribution is -2.33. The van der Waals surface area contributed by atoms with Gasteiger partial charge in [0.2, 0.25) is 10.0 Å². The highest BCUT2D eigenvalue weighted by Crippen LogP contribution is 2.26. The summed E-state index contributed by atoms with van der Waals surface area (Å²) in [5, 5.41) is 0. The van der Waals surface area contributed by atoms with Gasteiger partial charge in [-0.05, 0) is 64.8 Å². The molecule has 0 fully saturated rings. The predicted octanol–water partition coefficient (Wildman–Crippen LogP) is 3.40. The molecule has 12 heteroatoms. The molecule has 0 atom stereocenters. The Labute approximate surface area is 163 Å². The molecule has 6 nitrogen and oxygen atoms in total. The Kier molecular flexibility index (Phi) is 6.24. The summed E-state index contributed by atoms with van der Waals surface area (Å²) in [4.78, 5) is -0.442. The Morgan fingerprint density at radius 1 is 0.963 bits per heavy atom. The maximum absolute atomic E-state index is 12.4. The number of rotatable bonds is 6. The Morgan fingerprint density at radius 2 is 1.56 bits per heavy atom. The molecule has 0 aliphatic heterocycles. The lowest BCUT2D eigenvalue weighted by molar-refractivity contribution is -0.121. The summed E-state index contributed by atoms with van der Waals surface area (Å²) in [5.74, 6) is 0. The van der Waals surface area contributed by atoms with E-state index in [1.54, 1.807) is 19.1 Å². The highest BCUT2D eigenvalue weighted by Gasteiger charge is 2.30. The minimum atomic E-state index is -4.69. The van der Waals surface area contributed by atoms with Gasteiger partial charge in [-0.25, -0.2) is 21.6 Å². The summed E-state index contributed by atoms with van der Waals surface area (Å²) < 4.78 is 89.0. The molecule has 0 bridgehead atoms. The minimum absolute atomic E-state index is 0.0170. The summed E-state index contributed by atoms with van der Waals surface area (Å²) in [6.45, 7) is 0.0890. The van der Waals surface area contributed by atoms with Crippen LogP contribution in [0.1, 0.15) is 5.56 Å². The van der Waals surface area contributed by atoms with Crippen LogP contribution in [0.2, 0.25) is 0 Å². The van der Waals surface area contributed by atoms with Crippen molar-refractivity contribution in [1.82, 2.24) is 4.72 Å². The molecule has 0 aliphatic carbocycles. The summed E-state index contributed by atoms with van der Waals surface area (Å²) in [6.07, 6.45) is -4.69. The topological polar surface area (TPSA) is 92.3 Å². The van der Waals surface area contributed by atoms with Crippen LogP contribution < -0.4 is 9.44 Å². The molecule has 0 amide bonds. The zero-order valence-corrected chi connectivity index (χ0v) is 16.9. The zero-order valence-electron chi connectivity index (χ0n) is 13.7. The summed E-state index contributed by atoms with van der Waals surface area (Å²) in [5.41, 5.74) is 0.902. The monoisotopic (exact) mass is 486 g/mol. The molecule has 0 radical (unpaired) electrons. The lowest BCUT2D eigenvalue weighted by Gasteiger charge is -2.12. The van der Waals surface area contributed by atoms with Gasteiger partial charge in [-0.3, -0.25) is 4.72 Å². The van der Waals surface area contributed by atoms with Gasteiger partial charge in [-0.15, -0.1) is 0 Å². The van der Waals surface area contributed by atoms with Crippen molar-refractivity contribution in [3.8, 4) is 0 Å². The van der Waals surface area contributed by atoms with Gasteiger partial charge in [0.05, 0.1) is 4.90 Å². The lowest BCUT2D eigenvalue weighted by atomic mass is 10.2. The van der Waals surface area contributed by atoms with Crippen LogP contribution >= 0.6 is 15.9 Å². The SMILES string of the molecule is Cc1ccc(S(=O)(=O)Nc2ccc(S(=O)(=O)NCC(F)(F)F)cc2)c(Br)c1. The van der Waals surface area contributed by atoms with E-state index in [1.807, 2.05) is 0 Å². The number of aryl methyl sites for hydroxylation is 1. The van der Waals surface area contributed by atoms with E-state index in [0.717, 1.165) is 29.8 Å². The van der Waals surface area contributed by atoms with Crippen molar-refractivity contribution in [2.45, 2.75) is 22.9 Å². The number of anilines is 1. The Morgan fingerprint density at radius 3 is 2.07 bits per heavy atom. The van der Waals surface area contributed by atoms with Gasteiger partial charge < -0.3 is 0 Å².